The van der Waals surface area contributed by atoms with Gasteiger partial charge in [0.15, 0.2) is 0 Å². The van der Waals surface area contributed by atoms with Crippen molar-refractivity contribution in [1.29, 1.82) is 0 Å². The monoisotopic (exact) mass is 233 g/mol. The minimum absolute atomic E-state index is 0.328. The summed E-state index contributed by atoms with van der Waals surface area (Å²) in [5, 5.41) is 0.328. The summed E-state index contributed by atoms with van der Waals surface area (Å²) in [5.41, 5.74) is 4.99. The normalized spacial score (nSPS) is 18.0. The van der Waals surface area contributed by atoms with Crippen LogP contribution in [0, 0.1) is 11.8 Å². The van der Waals surface area contributed by atoms with E-state index in [-0.39, 0.29) is 6.54 Å². The SMILES string of the molecule is CC(CBr)C(CN)C(F)(F)F. The van der Waals surface area contributed by atoms with Gasteiger partial charge in [-0.3, -0.25) is 0 Å². The van der Waals surface area contributed by atoms with E-state index in [4.69, 9.17) is 5.73 Å². The minimum Gasteiger partial charge on any atom is -0.330 e. The third-order valence-corrected chi connectivity index (χ3v) is 2.63. The van der Waals surface area contributed by atoms with E-state index in [0.29, 0.717) is 5.33 Å². The number of rotatable bonds is 3. The summed E-state index contributed by atoms with van der Waals surface area (Å²) in [7, 11) is 0. The Kier molecular flexibility index (Phi) is 4.39. The van der Waals surface area contributed by atoms with Gasteiger partial charge in [-0.15, -0.1) is 0 Å². The largest absolute Gasteiger partial charge is 0.393 e. The van der Waals surface area contributed by atoms with Gasteiger partial charge in [0.25, 0.3) is 0 Å². The molecule has 0 saturated heterocycles. The van der Waals surface area contributed by atoms with Crippen molar-refractivity contribution in [1.82, 2.24) is 0 Å². The number of halogens is 4. The molecule has 0 aliphatic carbocycles. The van der Waals surface area contributed by atoms with Crippen LogP contribution in [0.15, 0.2) is 0 Å². The van der Waals surface area contributed by atoms with Crippen LogP contribution in [0.2, 0.25) is 0 Å². The van der Waals surface area contributed by atoms with Gasteiger partial charge in [-0.2, -0.15) is 13.2 Å². The zero-order chi connectivity index (χ0) is 9.07. The highest BCUT2D eigenvalue weighted by Gasteiger charge is 2.41. The average Bonchev–Trinajstić information content (AvgIpc) is 1.86. The van der Waals surface area contributed by atoms with Crippen LogP contribution in [0.5, 0.6) is 0 Å². The molecule has 5 heteroatoms. The molecule has 0 bridgehead atoms. The van der Waals surface area contributed by atoms with Gasteiger partial charge in [-0.05, 0) is 5.92 Å². The molecule has 68 valence electrons. The summed E-state index contributed by atoms with van der Waals surface area (Å²) in [6, 6.07) is 0. The van der Waals surface area contributed by atoms with Gasteiger partial charge in [-0.25, -0.2) is 0 Å². The summed E-state index contributed by atoms with van der Waals surface area (Å²) >= 11 is 2.99. The van der Waals surface area contributed by atoms with Crippen LogP contribution < -0.4 is 5.73 Å². The molecule has 0 aliphatic rings. The molecule has 1 nitrogen and oxygen atoms in total. The van der Waals surface area contributed by atoms with Crippen LogP contribution >= 0.6 is 15.9 Å². The van der Waals surface area contributed by atoms with Crippen molar-refractivity contribution in [3.05, 3.63) is 0 Å². The van der Waals surface area contributed by atoms with Crippen molar-refractivity contribution in [3.63, 3.8) is 0 Å². The van der Waals surface area contributed by atoms with Crippen LogP contribution in [-0.4, -0.2) is 18.1 Å². The van der Waals surface area contributed by atoms with Crippen LogP contribution in [0.4, 0.5) is 13.2 Å². The summed E-state index contributed by atoms with van der Waals surface area (Å²) in [5.74, 6) is -1.85. The van der Waals surface area contributed by atoms with Gasteiger partial charge in [0.1, 0.15) is 0 Å². The van der Waals surface area contributed by atoms with E-state index in [1.807, 2.05) is 0 Å². The number of nitrogens with two attached hydrogens (primary N) is 1. The first-order valence-corrected chi connectivity index (χ1v) is 4.38. The fourth-order valence-corrected chi connectivity index (χ4v) is 1.25. The average molecular weight is 234 g/mol. The van der Waals surface area contributed by atoms with Crippen molar-refractivity contribution in [2.24, 2.45) is 17.6 Å². The molecule has 0 fully saturated rings. The third kappa shape index (κ3) is 3.42. The summed E-state index contributed by atoms with van der Waals surface area (Å²) in [6.45, 7) is 1.19. The quantitative estimate of drug-likeness (QED) is 0.744. The Labute approximate surface area is 72.3 Å². The van der Waals surface area contributed by atoms with E-state index < -0.39 is 18.0 Å². The second-order valence-corrected chi connectivity index (χ2v) is 3.16. The maximum absolute atomic E-state index is 12.1. The lowest BCUT2D eigenvalue weighted by Gasteiger charge is -2.23. The fourth-order valence-electron chi connectivity index (χ4n) is 0.796. The molecule has 0 amide bonds. The van der Waals surface area contributed by atoms with Gasteiger partial charge in [-0.1, -0.05) is 22.9 Å². The van der Waals surface area contributed by atoms with Crippen molar-refractivity contribution in [2.75, 3.05) is 11.9 Å². The highest BCUT2D eigenvalue weighted by molar-refractivity contribution is 9.09. The Morgan fingerprint density at radius 1 is 1.45 bits per heavy atom. The Hall–Kier alpha value is 0.230. The predicted molar refractivity (Wildman–Crippen MR) is 41.6 cm³/mol. The van der Waals surface area contributed by atoms with E-state index in [1.165, 1.54) is 6.92 Å². The molecule has 0 aromatic carbocycles. The predicted octanol–water partition coefficient (Wildman–Crippen LogP) is 2.15. The standard InChI is InChI=1S/C6H11BrF3N/c1-4(2-7)5(3-11)6(8,9)10/h4-5H,2-3,11H2,1H3. The van der Waals surface area contributed by atoms with Crippen molar-refractivity contribution < 1.29 is 13.2 Å². The highest BCUT2D eigenvalue weighted by atomic mass is 79.9. The second-order valence-electron chi connectivity index (χ2n) is 2.52. The van der Waals surface area contributed by atoms with E-state index >= 15 is 0 Å². The Morgan fingerprint density at radius 2 is 1.91 bits per heavy atom. The number of alkyl halides is 4. The molecule has 11 heavy (non-hydrogen) atoms. The van der Waals surface area contributed by atoms with Crippen LogP contribution in [-0.2, 0) is 0 Å². The lowest BCUT2D eigenvalue weighted by molar-refractivity contribution is -0.181. The maximum Gasteiger partial charge on any atom is 0.393 e. The van der Waals surface area contributed by atoms with Crippen molar-refractivity contribution >= 4 is 15.9 Å². The lowest BCUT2D eigenvalue weighted by Crippen LogP contribution is -2.35. The Bertz CT molecular complexity index is 115. The topological polar surface area (TPSA) is 26.0 Å². The van der Waals surface area contributed by atoms with Gasteiger partial charge in [0.05, 0.1) is 5.92 Å². The van der Waals surface area contributed by atoms with Gasteiger partial charge in [0.2, 0.25) is 0 Å². The van der Waals surface area contributed by atoms with Gasteiger partial charge in [0, 0.05) is 11.9 Å². The minimum atomic E-state index is -4.16. The van der Waals surface area contributed by atoms with E-state index in [2.05, 4.69) is 15.9 Å². The van der Waals surface area contributed by atoms with E-state index in [1.54, 1.807) is 0 Å². The smallest absolute Gasteiger partial charge is 0.330 e. The molecule has 2 N–H and O–H groups in total. The fraction of sp³-hybridized carbons (Fsp3) is 1.00. The zero-order valence-corrected chi connectivity index (χ0v) is 7.74. The molecule has 0 aliphatic heterocycles. The lowest BCUT2D eigenvalue weighted by atomic mass is 9.96. The molecule has 0 spiro atoms. The first-order chi connectivity index (χ1) is 4.93. The molecule has 0 radical (unpaired) electrons. The molecule has 2 atom stereocenters. The Balaban J connectivity index is 4.16. The molecular formula is C6H11BrF3N. The first kappa shape index (κ1) is 11.2. The molecule has 0 aromatic heterocycles. The molecule has 2 unspecified atom stereocenters. The highest BCUT2D eigenvalue weighted by Crippen LogP contribution is 2.31. The van der Waals surface area contributed by atoms with E-state index in [0.717, 1.165) is 0 Å². The van der Waals surface area contributed by atoms with E-state index in [9.17, 15) is 13.2 Å². The maximum atomic E-state index is 12.1. The zero-order valence-electron chi connectivity index (χ0n) is 6.16. The Morgan fingerprint density at radius 3 is 2.00 bits per heavy atom. The molecule has 0 saturated carbocycles. The third-order valence-electron chi connectivity index (χ3n) is 1.60. The first-order valence-electron chi connectivity index (χ1n) is 3.26. The summed E-state index contributed by atoms with van der Waals surface area (Å²) in [6.07, 6.45) is -4.16. The molecule has 0 rings (SSSR count). The summed E-state index contributed by atoms with van der Waals surface area (Å²) < 4.78 is 36.2. The van der Waals surface area contributed by atoms with Gasteiger partial charge < -0.3 is 5.73 Å². The molecular weight excluding hydrogens is 223 g/mol. The second kappa shape index (κ2) is 4.30. The molecule has 0 aromatic rings. The van der Waals surface area contributed by atoms with Gasteiger partial charge >= 0.3 is 6.18 Å². The molecule has 0 heterocycles. The van der Waals surface area contributed by atoms with Crippen LogP contribution in [0.25, 0.3) is 0 Å². The van der Waals surface area contributed by atoms with Crippen LogP contribution in [0.1, 0.15) is 6.92 Å². The van der Waals surface area contributed by atoms with Crippen LogP contribution in [0.3, 0.4) is 0 Å². The van der Waals surface area contributed by atoms with Crippen molar-refractivity contribution in [2.45, 2.75) is 13.1 Å². The summed E-state index contributed by atoms with van der Waals surface area (Å²) in [4.78, 5) is 0. The number of hydrogen-bond donors (Lipinski definition) is 1. The van der Waals surface area contributed by atoms with Crippen molar-refractivity contribution in [3.8, 4) is 0 Å². The number of hydrogen-bond acceptors (Lipinski definition) is 1.